The third kappa shape index (κ3) is 7.75. The summed E-state index contributed by atoms with van der Waals surface area (Å²) < 4.78 is 5.28. The number of aryl methyl sites for hydroxylation is 1. The first-order valence-electron chi connectivity index (χ1n) is 9.87. The van der Waals surface area contributed by atoms with E-state index in [2.05, 4.69) is 43.9 Å². The number of aromatic nitrogens is 1. The van der Waals surface area contributed by atoms with Gasteiger partial charge in [-0.15, -0.1) is 35.3 Å². The standard InChI is InChI=1S/C21H31N5OS.HI/c1-16-25-19(15-28-16)14-26-9-7-17(8-10-26)12-23-21(22-2)24-13-18-5-4-6-20(11-18)27-3;/h4-6,11,15,17H,7-10,12-14H2,1-3H3,(H2,22,23,24);1H. The Hall–Kier alpha value is -1.39. The highest BCUT2D eigenvalue weighted by atomic mass is 127. The summed E-state index contributed by atoms with van der Waals surface area (Å²) >= 11 is 1.74. The lowest BCUT2D eigenvalue weighted by atomic mass is 9.97. The Bertz CT molecular complexity index is 774. The summed E-state index contributed by atoms with van der Waals surface area (Å²) in [6.07, 6.45) is 2.42. The summed E-state index contributed by atoms with van der Waals surface area (Å²) in [5, 5.41) is 10.2. The summed E-state index contributed by atoms with van der Waals surface area (Å²) in [4.78, 5) is 11.4. The van der Waals surface area contributed by atoms with E-state index in [1.54, 1.807) is 18.4 Å². The number of hydrogen-bond donors (Lipinski definition) is 2. The maximum atomic E-state index is 5.28. The van der Waals surface area contributed by atoms with E-state index in [0.29, 0.717) is 5.92 Å². The molecule has 2 heterocycles. The van der Waals surface area contributed by atoms with Crippen LogP contribution < -0.4 is 15.4 Å². The normalized spacial score (nSPS) is 15.6. The molecule has 1 aliphatic heterocycles. The van der Waals surface area contributed by atoms with Gasteiger partial charge in [0.1, 0.15) is 5.75 Å². The molecule has 160 valence electrons. The third-order valence-corrected chi connectivity index (χ3v) is 5.96. The zero-order chi connectivity index (χ0) is 19.8. The molecule has 1 fully saturated rings. The van der Waals surface area contributed by atoms with Crippen molar-refractivity contribution >= 4 is 41.3 Å². The van der Waals surface area contributed by atoms with Crippen molar-refractivity contribution in [2.24, 2.45) is 10.9 Å². The average molecular weight is 529 g/mol. The molecule has 1 saturated heterocycles. The van der Waals surface area contributed by atoms with Crippen molar-refractivity contribution in [3.63, 3.8) is 0 Å². The van der Waals surface area contributed by atoms with E-state index in [0.717, 1.165) is 49.4 Å². The van der Waals surface area contributed by atoms with Gasteiger partial charge < -0.3 is 15.4 Å². The van der Waals surface area contributed by atoms with Gasteiger partial charge in [-0.05, 0) is 56.5 Å². The fraction of sp³-hybridized carbons (Fsp3) is 0.524. The number of methoxy groups -OCH3 is 1. The van der Waals surface area contributed by atoms with Crippen molar-refractivity contribution < 1.29 is 4.74 Å². The van der Waals surface area contributed by atoms with Gasteiger partial charge in [0.15, 0.2) is 5.96 Å². The van der Waals surface area contributed by atoms with Gasteiger partial charge in [-0.2, -0.15) is 0 Å². The molecule has 0 radical (unpaired) electrons. The smallest absolute Gasteiger partial charge is 0.191 e. The van der Waals surface area contributed by atoms with E-state index in [-0.39, 0.29) is 24.0 Å². The van der Waals surface area contributed by atoms with Crippen LogP contribution in [0.2, 0.25) is 0 Å². The minimum absolute atomic E-state index is 0. The second kappa shape index (κ2) is 12.3. The van der Waals surface area contributed by atoms with Crippen molar-refractivity contribution in [1.29, 1.82) is 0 Å². The van der Waals surface area contributed by atoms with Crippen LogP contribution >= 0.6 is 35.3 Å². The Labute approximate surface area is 195 Å². The van der Waals surface area contributed by atoms with Crippen LogP contribution in [0.5, 0.6) is 5.75 Å². The lowest BCUT2D eigenvalue weighted by Crippen LogP contribution is -2.42. The van der Waals surface area contributed by atoms with E-state index in [1.165, 1.54) is 24.1 Å². The molecule has 2 N–H and O–H groups in total. The number of aliphatic imine (C=N–C) groups is 1. The molecule has 0 spiro atoms. The Morgan fingerprint density at radius 1 is 1.31 bits per heavy atom. The van der Waals surface area contributed by atoms with Crippen molar-refractivity contribution in [2.75, 3.05) is 33.8 Å². The Kier molecular flexibility index (Phi) is 10.2. The molecular formula is C21H32IN5OS. The van der Waals surface area contributed by atoms with Crippen LogP contribution in [0.4, 0.5) is 0 Å². The Morgan fingerprint density at radius 3 is 2.76 bits per heavy atom. The SMILES string of the molecule is CN=C(NCc1cccc(OC)c1)NCC1CCN(Cc2csc(C)n2)CC1.I. The third-order valence-electron chi connectivity index (χ3n) is 5.14. The molecule has 3 rings (SSSR count). The number of piperidine rings is 1. The van der Waals surface area contributed by atoms with Crippen LogP contribution in [0, 0.1) is 12.8 Å². The van der Waals surface area contributed by atoms with Gasteiger partial charge in [0.25, 0.3) is 0 Å². The number of nitrogens with one attached hydrogen (secondary N) is 2. The quantitative estimate of drug-likeness (QED) is 0.326. The highest BCUT2D eigenvalue weighted by molar-refractivity contribution is 14.0. The lowest BCUT2D eigenvalue weighted by molar-refractivity contribution is 0.176. The Morgan fingerprint density at radius 2 is 2.10 bits per heavy atom. The zero-order valence-electron chi connectivity index (χ0n) is 17.5. The predicted molar refractivity (Wildman–Crippen MR) is 131 cm³/mol. The van der Waals surface area contributed by atoms with E-state index >= 15 is 0 Å². The molecular weight excluding hydrogens is 497 g/mol. The van der Waals surface area contributed by atoms with Crippen LogP contribution in [0.25, 0.3) is 0 Å². The number of hydrogen-bond acceptors (Lipinski definition) is 5. The van der Waals surface area contributed by atoms with Crippen LogP contribution in [-0.4, -0.2) is 49.6 Å². The Balaban J connectivity index is 0.00000300. The summed E-state index contributed by atoms with van der Waals surface area (Å²) in [6, 6.07) is 8.09. The van der Waals surface area contributed by atoms with Crippen LogP contribution in [0.3, 0.4) is 0 Å². The molecule has 0 atom stereocenters. The number of rotatable bonds is 7. The van der Waals surface area contributed by atoms with E-state index in [4.69, 9.17) is 4.74 Å². The van der Waals surface area contributed by atoms with E-state index in [1.807, 2.05) is 25.2 Å². The number of likely N-dealkylation sites (tertiary alicyclic amines) is 1. The lowest BCUT2D eigenvalue weighted by Gasteiger charge is -2.31. The molecule has 0 bridgehead atoms. The van der Waals surface area contributed by atoms with Gasteiger partial charge in [0.2, 0.25) is 0 Å². The van der Waals surface area contributed by atoms with Crippen molar-refractivity contribution in [1.82, 2.24) is 20.5 Å². The first-order chi connectivity index (χ1) is 13.7. The van der Waals surface area contributed by atoms with Crippen molar-refractivity contribution in [2.45, 2.75) is 32.9 Å². The molecule has 29 heavy (non-hydrogen) atoms. The second-order valence-electron chi connectivity index (χ2n) is 7.24. The van der Waals surface area contributed by atoms with Gasteiger partial charge in [0, 0.05) is 32.1 Å². The predicted octanol–water partition coefficient (Wildman–Crippen LogP) is 3.66. The summed E-state index contributed by atoms with van der Waals surface area (Å²) in [7, 11) is 3.51. The van der Waals surface area contributed by atoms with E-state index in [9.17, 15) is 0 Å². The molecule has 2 aromatic rings. The first kappa shape index (κ1) is 23.9. The van der Waals surface area contributed by atoms with Crippen LogP contribution in [0.15, 0.2) is 34.6 Å². The highest BCUT2D eigenvalue weighted by Crippen LogP contribution is 2.19. The molecule has 1 aromatic carbocycles. The molecule has 0 amide bonds. The number of guanidine groups is 1. The molecule has 6 nitrogen and oxygen atoms in total. The average Bonchev–Trinajstić information content (AvgIpc) is 3.14. The monoisotopic (exact) mass is 529 g/mol. The summed E-state index contributed by atoms with van der Waals surface area (Å²) in [5.74, 6) is 2.41. The summed E-state index contributed by atoms with van der Waals surface area (Å²) in [5.41, 5.74) is 2.38. The number of nitrogens with zero attached hydrogens (tertiary/aromatic N) is 3. The molecule has 8 heteroatoms. The fourth-order valence-electron chi connectivity index (χ4n) is 3.49. The van der Waals surface area contributed by atoms with Gasteiger partial charge in [0.05, 0.1) is 17.8 Å². The van der Waals surface area contributed by atoms with Gasteiger partial charge in [-0.1, -0.05) is 12.1 Å². The second-order valence-corrected chi connectivity index (χ2v) is 8.30. The van der Waals surface area contributed by atoms with Crippen LogP contribution in [-0.2, 0) is 13.1 Å². The molecule has 0 aliphatic carbocycles. The minimum atomic E-state index is 0. The summed E-state index contributed by atoms with van der Waals surface area (Å²) in [6.45, 7) is 7.01. The fourth-order valence-corrected chi connectivity index (χ4v) is 4.09. The van der Waals surface area contributed by atoms with Gasteiger partial charge in [-0.25, -0.2) is 4.98 Å². The topological polar surface area (TPSA) is 61.8 Å². The largest absolute Gasteiger partial charge is 0.497 e. The van der Waals surface area contributed by atoms with Crippen molar-refractivity contribution in [3.8, 4) is 5.75 Å². The number of halogens is 1. The first-order valence-corrected chi connectivity index (χ1v) is 10.7. The molecule has 1 aliphatic rings. The molecule has 0 saturated carbocycles. The van der Waals surface area contributed by atoms with Crippen molar-refractivity contribution in [3.05, 3.63) is 45.9 Å². The zero-order valence-corrected chi connectivity index (χ0v) is 20.6. The minimum Gasteiger partial charge on any atom is -0.497 e. The highest BCUT2D eigenvalue weighted by Gasteiger charge is 2.20. The molecule has 0 unspecified atom stereocenters. The van der Waals surface area contributed by atoms with Gasteiger partial charge >= 0.3 is 0 Å². The molecule has 1 aromatic heterocycles. The number of ether oxygens (including phenoxy) is 1. The van der Waals surface area contributed by atoms with Gasteiger partial charge in [-0.3, -0.25) is 9.89 Å². The number of thiazole rings is 1. The maximum absolute atomic E-state index is 5.28. The number of benzene rings is 1. The van der Waals surface area contributed by atoms with Crippen LogP contribution in [0.1, 0.15) is 29.1 Å². The maximum Gasteiger partial charge on any atom is 0.191 e. The van der Waals surface area contributed by atoms with E-state index < -0.39 is 0 Å².